The van der Waals surface area contributed by atoms with E-state index in [0.717, 1.165) is 5.56 Å². The van der Waals surface area contributed by atoms with Gasteiger partial charge in [-0.15, -0.1) is 0 Å². The fourth-order valence-corrected chi connectivity index (χ4v) is 0.717. The summed E-state index contributed by atoms with van der Waals surface area (Å²) in [7, 11) is 0. The third kappa shape index (κ3) is 2.25. The summed E-state index contributed by atoms with van der Waals surface area (Å²) in [5.41, 5.74) is 6.78. The summed E-state index contributed by atoms with van der Waals surface area (Å²) in [6.07, 6.45) is 3.13. The van der Waals surface area contributed by atoms with E-state index in [0.29, 0.717) is 12.2 Å². The molecule has 0 spiro atoms. The molecule has 0 fully saturated rings. The second-order valence-electron chi connectivity index (χ2n) is 2.03. The molecule has 0 radical (unpaired) electrons. The van der Waals surface area contributed by atoms with Gasteiger partial charge in [-0.05, 0) is 6.07 Å². The minimum atomic E-state index is 0.224. The molecule has 0 atom stereocenters. The molecule has 0 aromatic carbocycles. The Hall–Kier alpha value is -1.58. The molecule has 0 aliphatic carbocycles. The van der Waals surface area contributed by atoms with Crippen LogP contribution in [-0.2, 0) is 16.1 Å². The highest BCUT2D eigenvalue weighted by Gasteiger charge is 1.92. The summed E-state index contributed by atoms with van der Waals surface area (Å²) >= 11 is 0. The summed E-state index contributed by atoms with van der Waals surface area (Å²) < 4.78 is 4.50. The second kappa shape index (κ2) is 3.55. The number of ether oxygens (including phenoxy) is 1. The van der Waals surface area contributed by atoms with E-state index in [1.807, 2.05) is 0 Å². The summed E-state index contributed by atoms with van der Waals surface area (Å²) in [5, 5.41) is 0. The zero-order valence-electron chi connectivity index (χ0n) is 5.86. The Morgan fingerprint density at radius 2 is 2.45 bits per heavy atom. The predicted octanol–water partition coefficient (Wildman–Crippen LogP) is 0.337. The number of nitrogen functional groups attached to an aromatic ring is 1. The van der Waals surface area contributed by atoms with E-state index in [1.54, 1.807) is 12.3 Å². The Labute approximate surface area is 64.0 Å². The highest BCUT2D eigenvalue weighted by atomic mass is 16.5. The van der Waals surface area contributed by atoms with Crippen LogP contribution in [0.3, 0.4) is 0 Å². The van der Waals surface area contributed by atoms with Crippen molar-refractivity contribution in [3.05, 3.63) is 24.0 Å². The third-order valence-corrected chi connectivity index (χ3v) is 1.13. The molecule has 0 aliphatic heterocycles. The van der Waals surface area contributed by atoms with Crippen molar-refractivity contribution in [2.24, 2.45) is 0 Å². The molecule has 0 aliphatic rings. The van der Waals surface area contributed by atoms with Crippen LogP contribution in [0, 0.1) is 0 Å². The molecule has 2 N–H and O–H groups in total. The van der Waals surface area contributed by atoms with E-state index in [1.165, 1.54) is 6.20 Å². The predicted molar refractivity (Wildman–Crippen MR) is 39.5 cm³/mol. The van der Waals surface area contributed by atoms with Gasteiger partial charge < -0.3 is 10.5 Å². The molecule has 58 valence electrons. The number of pyridine rings is 1. The lowest BCUT2D eigenvalue weighted by Gasteiger charge is -1.98. The van der Waals surface area contributed by atoms with E-state index in [-0.39, 0.29) is 6.61 Å². The molecule has 4 nitrogen and oxygen atoms in total. The molecule has 11 heavy (non-hydrogen) atoms. The molecule has 0 bridgehead atoms. The van der Waals surface area contributed by atoms with Crippen molar-refractivity contribution < 1.29 is 9.53 Å². The van der Waals surface area contributed by atoms with Crippen molar-refractivity contribution >= 4 is 12.2 Å². The normalized spacial score (nSPS) is 9.09. The van der Waals surface area contributed by atoms with E-state index in [4.69, 9.17) is 5.73 Å². The van der Waals surface area contributed by atoms with Gasteiger partial charge in [0.15, 0.2) is 0 Å². The van der Waals surface area contributed by atoms with Gasteiger partial charge in [-0.1, -0.05) is 0 Å². The van der Waals surface area contributed by atoms with E-state index < -0.39 is 0 Å². The molecule has 0 saturated heterocycles. The van der Waals surface area contributed by atoms with Crippen molar-refractivity contribution in [1.29, 1.82) is 0 Å². The maximum Gasteiger partial charge on any atom is 0.293 e. The Morgan fingerprint density at radius 1 is 1.64 bits per heavy atom. The van der Waals surface area contributed by atoms with Gasteiger partial charge in [0.1, 0.15) is 6.61 Å². The first-order valence-corrected chi connectivity index (χ1v) is 3.07. The smallest absolute Gasteiger partial charge is 0.293 e. The quantitative estimate of drug-likeness (QED) is 0.634. The molecule has 0 amide bonds. The molecule has 0 saturated carbocycles. The first kappa shape index (κ1) is 7.53. The first-order valence-electron chi connectivity index (χ1n) is 3.07. The number of nitrogens with two attached hydrogens (primary N) is 1. The maximum absolute atomic E-state index is 9.79. The standard InChI is InChI=1S/C7H8N2O2/c8-7-1-6(2-9-3-7)4-11-5-10/h1-3,5H,4,8H2. The molecule has 0 unspecified atom stereocenters. The Bertz CT molecular complexity index is 250. The summed E-state index contributed by atoms with van der Waals surface area (Å²) in [4.78, 5) is 13.6. The van der Waals surface area contributed by atoms with Crippen LogP contribution in [0.25, 0.3) is 0 Å². The van der Waals surface area contributed by atoms with Gasteiger partial charge >= 0.3 is 0 Å². The largest absolute Gasteiger partial charge is 0.463 e. The van der Waals surface area contributed by atoms with Crippen LogP contribution in [-0.4, -0.2) is 11.5 Å². The van der Waals surface area contributed by atoms with Crippen LogP contribution in [0.1, 0.15) is 5.56 Å². The minimum absolute atomic E-state index is 0.224. The number of hydrogen-bond acceptors (Lipinski definition) is 4. The number of carbonyl (C=O) groups excluding carboxylic acids is 1. The Kier molecular flexibility index (Phi) is 2.43. The summed E-state index contributed by atoms with van der Waals surface area (Å²) in [6, 6.07) is 1.70. The number of rotatable bonds is 3. The Morgan fingerprint density at radius 3 is 3.09 bits per heavy atom. The van der Waals surface area contributed by atoms with E-state index >= 15 is 0 Å². The van der Waals surface area contributed by atoms with Gasteiger partial charge in [-0.25, -0.2) is 0 Å². The van der Waals surface area contributed by atoms with Gasteiger partial charge in [-0.2, -0.15) is 0 Å². The van der Waals surface area contributed by atoms with E-state index in [9.17, 15) is 4.79 Å². The molecule has 1 rings (SSSR count). The van der Waals surface area contributed by atoms with Crippen LogP contribution in [0.5, 0.6) is 0 Å². The van der Waals surface area contributed by atoms with Crippen molar-refractivity contribution in [2.45, 2.75) is 6.61 Å². The van der Waals surface area contributed by atoms with Gasteiger partial charge in [0.2, 0.25) is 0 Å². The van der Waals surface area contributed by atoms with Crippen molar-refractivity contribution in [2.75, 3.05) is 5.73 Å². The fraction of sp³-hybridized carbons (Fsp3) is 0.143. The third-order valence-electron chi connectivity index (χ3n) is 1.13. The van der Waals surface area contributed by atoms with Gasteiger partial charge in [0.05, 0.1) is 5.69 Å². The highest BCUT2D eigenvalue weighted by molar-refractivity contribution is 5.39. The number of anilines is 1. The average Bonchev–Trinajstić information content (AvgIpc) is 2.01. The number of nitrogens with zero attached hydrogens (tertiary/aromatic N) is 1. The maximum atomic E-state index is 9.79. The number of carbonyl (C=O) groups is 1. The van der Waals surface area contributed by atoms with Gasteiger partial charge in [0, 0.05) is 18.0 Å². The molecule has 4 heteroatoms. The molecular formula is C7H8N2O2. The van der Waals surface area contributed by atoms with Crippen LogP contribution < -0.4 is 5.73 Å². The number of aromatic nitrogens is 1. The van der Waals surface area contributed by atoms with Gasteiger partial charge in [-0.3, -0.25) is 9.78 Å². The summed E-state index contributed by atoms with van der Waals surface area (Å²) in [5.74, 6) is 0. The SMILES string of the molecule is Nc1cncc(COC=O)c1. The van der Waals surface area contributed by atoms with Crippen LogP contribution in [0.15, 0.2) is 18.5 Å². The van der Waals surface area contributed by atoms with E-state index in [2.05, 4.69) is 9.72 Å². The van der Waals surface area contributed by atoms with Crippen molar-refractivity contribution in [1.82, 2.24) is 4.98 Å². The van der Waals surface area contributed by atoms with Crippen molar-refractivity contribution in [3.8, 4) is 0 Å². The molecular weight excluding hydrogens is 144 g/mol. The number of hydrogen-bond donors (Lipinski definition) is 1. The minimum Gasteiger partial charge on any atom is -0.463 e. The molecule has 1 aromatic rings. The summed E-state index contributed by atoms with van der Waals surface area (Å²) in [6.45, 7) is 0.616. The van der Waals surface area contributed by atoms with Crippen molar-refractivity contribution in [3.63, 3.8) is 0 Å². The van der Waals surface area contributed by atoms with Crippen LogP contribution in [0.2, 0.25) is 0 Å². The second-order valence-corrected chi connectivity index (χ2v) is 2.03. The lowest BCUT2D eigenvalue weighted by Crippen LogP contribution is -1.93. The topological polar surface area (TPSA) is 65.2 Å². The fourth-order valence-electron chi connectivity index (χ4n) is 0.717. The molecule has 1 aromatic heterocycles. The first-order chi connectivity index (χ1) is 5.33. The Balaban J connectivity index is 2.63. The monoisotopic (exact) mass is 152 g/mol. The zero-order valence-corrected chi connectivity index (χ0v) is 5.86. The highest BCUT2D eigenvalue weighted by Crippen LogP contribution is 2.03. The lowest BCUT2D eigenvalue weighted by molar-refractivity contribution is -0.129. The molecule has 1 heterocycles. The van der Waals surface area contributed by atoms with Crippen LogP contribution in [0.4, 0.5) is 5.69 Å². The van der Waals surface area contributed by atoms with Gasteiger partial charge in [0.25, 0.3) is 6.47 Å². The zero-order chi connectivity index (χ0) is 8.10. The van der Waals surface area contributed by atoms with Crippen LogP contribution >= 0.6 is 0 Å². The average molecular weight is 152 g/mol. The lowest BCUT2D eigenvalue weighted by atomic mass is 10.3.